The molecule has 0 aliphatic carbocycles. The van der Waals surface area contributed by atoms with Crippen molar-refractivity contribution in [3.63, 3.8) is 0 Å². The van der Waals surface area contributed by atoms with Gasteiger partial charge in [0.05, 0.1) is 13.2 Å². The van der Waals surface area contributed by atoms with E-state index in [0.29, 0.717) is 24.5 Å². The second-order valence-corrected chi connectivity index (χ2v) is 8.10. The lowest BCUT2D eigenvalue weighted by Crippen LogP contribution is -2.29. The monoisotopic (exact) mass is 424 g/mol. The number of fused-ring (bicyclic) bond motifs is 3. The van der Waals surface area contributed by atoms with Crippen LogP contribution in [0.5, 0.6) is 5.75 Å². The summed E-state index contributed by atoms with van der Waals surface area (Å²) in [4.78, 5) is 14.9. The molecule has 1 aromatic heterocycles. The van der Waals surface area contributed by atoms with Gasteiger partial charge < -0.3 is 14.2 Å². The van der Waals surface area contributed by atoms with E-state index in [9.17, 15) is 13.6 Å². The number of methoxy groups -OCH3 is 1. The first-order chi connectivity index (χ1) is 15.0. The number of rotatable bonds is 3. The lowest BCUT2D eigenvalue weighted by Gasteiger charge is -2.20. The lowest BCUT2D eigenvalue weighted by molar-refractivity contribution is 0.0782. The van der Waals surface area contributed by atoms with Crippen molar-refractivity contribution in [2.24, 2.45) is 5.92 Å². The van der Waals surface area contributed by atoms with E-state index >= 15 is 0 Å². The van der Waals surface area contributed by atoms with Crippen LogP contribution in [0.25, 0.3) is 11.4 Å². The Labute approximate surface area is 178 Å². The van der Waals surface area contributed by atoms with Crippen LogP contribution in [0.15, 0.2) is 42.5 Å². The van der Waals surface area contributed by atoms with E-state index in [0.717, 1.165) is 30.7 Å². The van der Waals surface area contributed by atoms with Gasteiger partial charge in [-0.15, -0.1) is 10.2 Å². The molecule has 160 valence electrons. The Morgan fingerprint density at radius 3 is 2.65 bits per heavy atom. The quantitative estimate of drug-likeness (QED) is 0.640. The van der Waals surface area contributed by atoms with E-state index in [4.69, 9.17) is 4.74 Å². The fourth-order valence-electron chi connectivity index (χ4n) is 4.74. The molecule has 1 saturated heterocycles. The van der Waals surface area contributed by atoms with Gasteiger partial charge in [0.2, 0.25) is 0 Å². The average Bonchev–Trinajstić information content (AvgIpc) is 3.34. The number of aromatic nitrogens is 3. The Kier molecular flexibility index (Phi) is 4.92. The standard InChI is InChI=1S/C23H22F2N4O2/c1-31-20-10-7-15(11-18(20)25)23(30)28-12-16-3-2-4-21-26-27-22(29(21)19(16)13-28)14-5-8-17(24)9-6-14/h5-11,16,19H,2-4,12-13H2,1H3/t16-,19+/m1/s1. The number of carbonyl (C=O) groups excluding carboxylic acids is 1. The summed E-state index contributed by atoms with van der Waals surface area (Å²) in [5, 5.41) is 8.77. The van der Waals surface area contributed by atoms with E-state index in [2.05, 4.69) is 14.8 Å². The van der Waals surface area contributed by atoms with E-state index in [-0.39, 0.29) is 29.4 Å². The number of hydrogen-bond acceptors (Lipinski definition) is 4. The van der Waals surface area contributed by atoms with Crippen molar-refractivity contribution in [1.82, 2.24) is 19.7 Å². The number of likely N-dealkylation sites (tertiary alicyclic amines) is 1. The molecule has 2 aliphatic rings. The summed E-state index contributed by atoms with van der Waals surface area (Å²) in [7, 11) is 1.39. The molecular formula is C23H22F2N4O2. The predicted molar refractivity (Wildman–Crippen MR) is 110 cm³/mol. The van der Waals surface area contributed by atoms with Crippen LogP contribution in [0, 0.1) is 17.6 Å². The van der Waals surface area contributed by atoms with Crippen molar-refractivity contribution < 1.29 is 18.3 Å². The molecule has 3 aromatic rings. The Morgan fingerprint density at radius 2 is 1.90 bits per heavy atom. The fourth-order valence-corrected chi connectivity index (χ4v) is 4.74. The van der Waals surface area contributed by atoms with Crippen LogP contribution in [0.4, 0.5) is 8.78 Å². The summed E-state index contributed by atoms with van der Waals surface area (Å²) in [6.45, 7) is 1.09. The minimum atomic E-state index is -0.554. The van der Waals surface area contributed by atoms with Crippen molar-refractivity contribution in [3.05, 3.63) is 65.5 Å². The maximum Gasteiger partial charge on any atom is 0.254 e. The van der Waals surface area contributed by atoms with Crippen LogP contribution in [0.3, 0.4) is 0 Å². The van der Waals surface area contributed by atoms with Crippen LogP contribution >= 0.6 is 0 Å². The van der Waals surface area contributed by atoms with E-state index < -0.39 is 5.82 Å². The largest absolute Gasteiger partial charge is 0.494 e. The molecule has 3 heterocycles. The lowest BCUT2D eigenvalue weighted by atomic mass is 9.98. The van der Waals surface area contributed by atoms with Gasteiger partial charge in [-0.1, -0.05) is 0 Å². The van der Waals surface area contributed by atoms with Crippen molar-refractivity contribution in [1.29, 1.82) is 0 Å². The van der Waals surface area contributed by atoms with Crippen molar-refractivity contribution in [2.75, 3.05) is 20.2 Å². The summed E-state index contributed by atoms with van der Waals surface area (Å²) in [6, 6.07) is 10.5. The zero-order chi connectivity index (χ0) is 21.5. The highest BCUT2D eigenvalue weighted by atomic mass is 19.1. The SMILES string of the molecule is COc1ccc(C(=O)N2C[C@H]3CCCc4nnc(-c5ccc(F)cc5)n4[C@H]3C2)cc1F. The first-order valence-corrected chi connectivity index (χ1v) is 10.4. The molecule has 6 nitrogen and oxygen atoms in total. The molecule has 5 rings (SSSR count). The van der Waals surface area contributed by atoms with Gasteiger partial charge in [0.15, 0.2) is 17.4 Å². The first kappa shape index (κ1) is 19.7. The van der Waals surface area contributed by atoms with Crippen molar-refractivity contribution >= 4 is 5.91 Å². The predicted octanol–water partition coefficient (Wildman–Crippen LogP) is 3.88. The second-order valence-electron chi connectivity index (χ2n) is 8.10. The smallest absolute Gasteiger partial charge is 0.254 e. The summed E-state index contributed by atoms with van der Waals surface area (Å²) in [6.07, 6.45) is 2.75. The second kappa shape index (κ2) is 7.76. The highest BCUT2D eigenvalue weighted by molar-refractivity contribution is 5.94. The van der Waals surface area contributed by atoms with Crippen molar-refractivity contribution in [3.8, 4) is 17.1 Å². The summed E-state index contributed by atoms with van der Waals surface area (Å²) in [5.74, 6) is 0.883. The number of hydrogen-bond donors (Lipinski definition) is 0. The Hall–Kier alpha value is -3.29. The Bertz CT molecular complexity index is 1130. The number of nitrogens with zero attached hydrogens (tertiary/aromatic N) is 4. The van der Waals surface area contributed by atoms with Crippen LogP contribution in [-0.2, 0) is 6.42 Å². The van der Waals surface area contributed by atoms with E-state index in [1.807, 2.05) is 0 Å². The normalized spacial score (nSPS) is 20.2. The number of amides is 1. The van der Waals surface area contributed by atoms with Crippen molar-refractivity contribution in [2.45, 2.75) is 25.3 Å². The molecule has 0 spiro atoms. The van der Waals surface area contributed by atoms with Gasteiger partial charge >= 0.3 is 0 Å². The zero-order valence-corrected chi connectivity index (χ0v) is 17.1. The van der Waals surface area contributed by atoms with E-state index in [1.165, 1.54) is 31.4 Å². The maximum atomic E-state index is 14.1. The molecule has 1 fully saturated rings. The first-order valence-electron chi connectivity index (χ1n) is 10.4. The molecule has 1 amide bonds. The number of benzene rings is 2. The van der Waals surface area contributed by atoms with Gasteiger partial charge in [0.1, 0.15) is 11.6 Å². The highest BCUT2D eigenvalue weighted by Crippen LogP contribution is 2.38. The topological polar surface area (TPSA) is 60.2 Å². The average molecular weight is 424 g/mol. The van der Waals surface area contributed by atoms with Gasteiger partial charge in [-0.2, -0.15) is 0 Å². The third-order valence-corrected chi connectivity index (χ3v) is 6.27. The molecule has 0 N–H and O–H groups in total. The maximum absolute atomic E-state index is 14.1. The molecular weight excluding hydrogens is 402 g/mol. The molecule has 8 heteroatoms. The Morgan fingerprint density at radius 1 is 1.10 bits per heavy atom. The van der Waals surface area contributed by atoms with Gasteiger partial charge in [-0.05, 0) is 61.2 Å². The van der Waals surface area contributed by atoms with E-state index in [1.54, 1.807) is 23.1 Å². The van der Waals surface area contributed by atoms with Crippen LogP contribution < -0.4 is 4.74 Å². The molecule has 0 radical (unpaired) electrons. The molecule has 2 aliphatic heterocycles. The third-order valence-electron chi connectivity index (χ3n) is 6.27. The molecule has 0 bridgehead atoms. The Balaban J connectivity index is 1.46. The zero-order valence-electron chi connectivity index (χ0n) is 17.1. The number of carbonyl (C=O) groups is 1. The molecule has 31 heavy (non-hydrogen) atoms. The number of ether oxygens (including phenoxy) is 1. The molecule has 0 unspecified atom stereocenters. The third kappa shape index (κ3) is 3.45. The number of aryl methyl sites for hydroxylation is 1. The summed E-state index contributed by atoms with van der Waals surface area (Å²) >= 11 is 0. The van der Waals surface area contributed by atoms with Crippen LogP contribution in [-0.4, -0.2) is 45.8 Å². The molecule has 0 saturated carbocycles. The fraction of sp³-hybridized carbons (Fsp3) is 0.348. The summed E-state index contributed by atoms with van der Waals surface area (Å²) < 4.78 is 34.6. The minimum absolute atomic E-state index is 0.0274. The highest BCUT2D eigenvalue weighted by Gasteiger charge is 2.40. The van der Waals surface area contributed by atoms with Gasteiger partial charge in [0, 0.05) is 30.6 Å². The van der Waals surface area contributed by atoms with Crippen LogP contribution in [0.2, 0.25) is 0 Å². The molecule has 2 aromatic carbocycles. The van der Waals surface area contributed by atoms with Gasteiger partial charge in [-0.25, -0.2) is 8.78 Å². The minimum Gasteiger partial charge on any atom is -0.494 e. The molecule has 2 atom stereocenters. The van der Waals surface area contributed by atoms with Gasteiger partial charge in [-0.3, -0.25) is 4.79 Å². The van der Waals surface area contributed by atoms with Crippen LogP contribution in [0.1, 0.15) is 35.1 Å². The van der Waals surface area contributed by atoms with Gasteiger partial charge in [0.25, 0.3) is 5.91 Å². The summed E-state index contributed by atoms with van der Waals surface area (Å²) in [5.41, 5.74) is 1.10. The number of halogens is 2.